The summed E-state index contributed by atoms with van der Waals surface area (Å²) >= 11 is 2.59. The third-order valence-electron chi connectivity index (χ3n) is 4.01. The molecule has 0 spiro atoms. The number of H-pyrrole nitrogens is 1. The highest BCUT2D eigenvalue weighted by molar-refractivity contribution is 7.99. The lowest BCUT2D eigenvalue weighted by Gasteiger charge is -2.05. The Hall–Kier alpha value is -2.11. The van der Waals surface area contributed by atoms with Gasteiger partial charge in [0.2, 0.25) is 5.91 Å². The number of thioether (sulfide) groups is 1. The van der Waals surface area contributed by atoms with Crippen molar-refractivity contribution in [2.75, 3.05) is 11.1 Å². The van der Waals surface area contributed by atoms with Gasteiger partial charge in [-0.15, -0.1) is 11.3 Å². The van der Waals surface area contributed by atoms with E-state index >= 15 is 0 Å². The second-order valence-electron chi connectivity index (χ2n) is 5.59. The lowest BCUT2D eigenvalue weighted by Crippen LogP contribution is -2.17. The number of aromatic amines is 1. The molecule has 0 aliphatic heterocycles. The van der Waals surface area contributed by atoms with Crippen LogP contribution >= 0.6 is 23.1 Å². The van der Waals surface area contributed by atoms with E-state index in [4.69, 9.17) is 0 Å². The quantitative estimate of drug-likeness (QED) is 0.645. The number of hydrogen-bond donors (Lipinski definition) is 2. The van der Waals surface area contributed by atoms with Crippen LogP contribution in [0.25, 0.3) is 0 Å². The smallest absolute Gasteiger partial charge is 0.254 e. The van der Waals surface area contributed by atoms with Gasteiger partial charge in [-0.2, -0.15) is 5.26 Å². The monoisotopic (exact) mass is 360 g/mol. The van der Waals surface area contributed by atoms with Gasteiger partial charge in [-0.25, -0.2) is 4.98 Å². The molecule has 2 heterocycles. The molecular formula is C16H16N4O2S2. The van der Waals surface area contributed by atoms with Crippen molar-refractivity contribution in [2.45, 2.75) is 38.3 Å². The van der Waals surface area contributed by atoms with Gasteiger partial charge in [0.1, 0.15) is 11.1 Å². The van der Waals surface area contributed by atoms with Crippen molar-refractivity contribution in [3.63, 3.8) is 0 Å². The van der Waals surface area contributed by atoms with Crippen LogP contribution in [0, 0.1) is 25.2 Å². The maximum Gasteiger partial charge on any atom is 0.254 e. The van der Waals surface area contributed by atoms with Crippen LogP contribution in [0.4, 0.5) is 5.00 Å². The van der Waals surface area contributed by atoms with E-state index in [-0.39, 0.29) is 17.2 Å². The van der Waals surface area contributed by atoms with E-state index in [0.717, 1.165) is 41.0 Å². The Balaban J connectivity index is 1.67. The molecule has 0 saturated carbocycles. The summed E-state index contributed by atoms with van der Waals surface area (Å²) in [6, 6.07) is 2.13. The van der Waals surface area contributed by atoms with Gasteiger partial charge >= 0.3 is 0 Å². The Labute approximate surface area is 147 Å². The van der Waals surface area contributed by atoms with E-state index in [1.54, 1.807) is 0 Å². The molecule has 24 heavy (non-hydrogen) atoms. The summed E-state index contributed by atoms with van der Waals surface area (Å²) in [5.74, 6) is -0.0938. The van der Waals surface area contributed by atoms with Gasteiger partial charge in [-0.3, -0.25) is 9.59 Å². The van der Waals surface area contributed by atoms with Gasteiger partial charge in [-0.05, 0) is 38.7 Å². The number of aryl methyl sites for hydroxylation is 2. The number of aromatic nitrogens is 2. The summed E-state index contributed by atoms with van der Waals surface area (Å²) in [5.41, 5.74) is 2.93. The van der Waals surface area contributed by atoms with Crippen LogP contribution in [-0.4, -0.2) is 21.6 Å². The molecule has 0 atom stereocenters. The Morgan fingerprint density at radius 2 is 2.25 bits per heavy atom. The van der Waals surface area contributed by atoms with Crippen molar-refractivity contribution in [1.29, 1.82) is 5.26 Å². The van der Waals surface area contributed by atoms with Crippen LogP contribution in [0.15, 0.2) is 9.95 Å². The zero-order valence-corrected chi connectivity index (χ0v) is 15.0. The van der Waals surface area contributed by atoms with Gasteiger partial charge in [-0.1, -0.05) is 11.8 Å². The molecule has 0 bridgehead atoms. The van der Waals surface area contributed by atoms with Crippen LogP contribution in [0.5, 0.6) is 0 Å². The first-order valence-electron chi connectivity index (χ1n) is 7.54. The zero-order chi connectivity index (χ0) is 17.3. The lowest BCUT2D eigenvalue weighted by molar-refractivity contribution is -0.113. The number of nitrogens with one attached hydrogen (secondary N) is 2. The molecule has 0 radical (unpaired) electrons. The van der Waals surface area contributed by atoms with E-state index in [2.05, 4.69) is 21.4 Å². The largest absolute Gasteiger partial charge is 0.316 e. The predicted molar refractivity (Wildman–Crippen MR) is 94.7 cm³/mol. The Bertz CT molecular complexity index is 908. The van der Waals surface area contributed by atoms with E-state index in [1.165, 1.54) is 23.1 Å². The minimum Gasteiger partial charge on any atom is -0.316 e. The third-order valence-corrected chi connectivity index (χ3v) is 6.01. The average molecular weight is 360 g/mol. The fourth-order valence-electron chi connectivity index (χ4n) is 2.63. The van der Waals surface area contributed by atoms with Gasteiger partial charge in [0.15, 0.2) is 5.16 Å². The first kappa shape index (κ1) is 16.7. The molecule has 6 nitrogen and oxygen atoms in total. The fourth-order valence-corrected chi connectivity index (χ4v) is 4.34. The number of carbonyl (C=O) groups excluding carboxylic acids is 1. The number of carbonyl (C=O) groups is 1. The van der Waals surface area contributed by atoms with E-state index in [0.29, 0.717) is 15.7 Å². The van der Waals surface area contributed by atoms with Crippen LogP contribution < -0.4 is 10.9 Å². The van der Waals surface area contributed by atoms with Crippen molar-refractivity contribution < 1.29 is 4.79 Å². The fraction of sp³-hybridized carbons (Fsp3) is 0.375. The molecule has 2 aromatic heterocycles. The van der Waals surface area contributed by atoms with Crippen LogP contribution in [-0.2, 0) is 17.6 Å². The maximum absolute atomic E-state index is 12.1. The Kier molecular flexibility index (Phi) is 4.73. The Morgan fingerprint density at radius 3 is 3.00 bits per heavy atom. The molecule has 1 aliphatic carbocycles. The molecule has 8 heteroatoms. The maximum atomic E-state index is 12.1. The summed E-state index contributed by atoms with van der Waals surface area (Å²) in [5, 5.41) is 13.0. The van der Waals surface area contributed by atoms with E-state index in [1.807, 2.05) is 13.8 Å². The number of amides is 1. The zero-order valence-electron chi connectivity index (χ0n) is 13.4. The third kappa shape index (κ3) is 3.23. The summed E-state index contributed by atoms with van der Waals surface area (Å²) in [6.07, 6.45) is 2.55. The van der Waals surface area contributed by atoms with Crippen LogP contribution in [0.2, 0.25) is 0 Å². The molecule has 1 aliphatic rings. The topological polar surface area (TPSA) is 98.6 Å². The number of fused-ring (bicyclic) bond motifs is 1. The van der Waals surface area contributed by atoms with Crippen LogP contribution in [0.3, 0.4) is 0 Å². The van der Waals surface area contributed by atoms with Crippen molar-refractivity contribution >= 4 is 34.0 Å². The second kappa shape index (κ2) is 6.79. The molecule has 0 fully saturated rings. The molecular weight excluding hydrogens is 344 g/mol. The molecule has 2 N–H and O–H groups in total. The SMILES string of the molecule is Cc1sc(NC(=O)CSc2nc3c(c(=O)[nH]2)CCC3)c(C#N)c1C. The first-order chi connectivity index (χ1) is 11.5. The molecule has 0 aromatic carbocycles. The van der Waals surface area contributed by atoms with Crippen molar-refractivity contribution in [3.8, 4) is 6.07 Å². The lowest BCUT2D eigenvalue weighted by atomic mass is 10.2. The average Bonchev–Trinajstić information content (AvgIpc) is 3.11. The summed E-state index contributed by atoms with van der Waals surface area (Å²) in [6.45, 7) is 3.79. The molecule has 0 saturated heterocycles. The van der Waals surface area contributed by atoms with E-state index < -0.39 is 0 Å². The van der Waals surface area contributed by atoms with Crippen LogP contribution in [0.1, 0.15) is 33.7 Å². The molecule has 124 valence electrons. The van der Waals surface area contributed by atoms with Gasteiger partial charge < -0.3 is 10.3 Å². The molecule has 2 aromatic rings. The summed E-state index contributed by atoms with van der Waals surface area (Å²) in [7, 11) is 0. The minimum absolute atomic E-state index is 0.100. The second-order valence-corrected chi connectivity index (χ2v) is 7.77. The first-order valence-corrected chi connectivity index (χ1v) is 9.34. The number of nitrogens with zero attached hydrogens (tertiary/aromatic N) is 2. The van der Waals surface area contributed by atoms with Crippen molar-refractivity contribution in [2.24, 2.45) is 0 Å². The summed E-state index contributed by atoms with van der Waals surface area (Å²) < 4.78 is 0. The number of nitriles is 1. The highest BCUT2D eigenvalue weighted by Gasteiger charge is 2.18. The minimum atomic E-state index is -0.221. The predicted octanol–water partition coefficient (Wildman–Crippen LogP) is 2.54. The van der Waals surface area contributed by atoms with Gasteiger partial charge in [0.05, 0.1) is 17.0 Å². The highest BCUT2D eigenvalue weighted by atomic mass is 32.2. The number of hydrogen-bond acceptors (Lipinski definition) is 6. The summed E-state index contributed by atoms with van der Waals surface area (Å²) in [4.78, 5) is 32.3. The van der Waals surface area contributed by atoms with Gasteiger partial charge in [0.25, 0.3) is 5.56 Å². The normalized spacial score (nSPS) is 12.7. The molecule has 1 amide bonds. The van der Waals surface area contributed by atoms with Gasteiger partial charge in [0, 0.05) is 10.4 Å². The highest BCUT2D eigenvalue weighted by Crippen LogP contribution is 2.31. The standard InChI is InChI=1S/C16H16N4O2S2/c1-8-9(2)24-15(11(8)6-17)19-13(21)7-23-16-18-12-5-3-4-10(12)14(22)20-16/h3-5,7H2,1-2H3,(H,19,21)(H,18,20,22). The number of rotatable bonds is 4. The van der Waals surface area contributed by atoms with Crippen molar-refractivity contribution in [3.05, 3.63) is 37.6 Å². The van der Waals surface area contributed by atoms with Crippen molar-refractivity contribution in [1.82, 2.24) is 9.97 Å². The molecule has 0 unspecified atom stereocenters. The number of thiophene rings is 1. The Morgan fingerprint density at radius 1 is 1.46 bits per heavy atom. The van der Waals surface area contributed by atoms with E-state index in [9.17, 15) is 14.9 Å². The molecule has 3 rings (SSSR count). The number of anilines is 1.